The van der Waals surface area contributed by atoms with E-state index in [4.69, 9.17) is 0 Å². The van der Waals surface area contributed by atoms with E-state index in [9.17, 15) is 0 Å². The molecule has 1 aliphatic rings. The van der Waals surface area contributed by atoms with Crippen LogP contribution in [0.5, 0.6) is 0 Å². The predicted molar refractivity (Wildman–Crippen MR) is 61.9 cm³/mol. The maximum atomic E-state index is 4.25. The quantitative estimate of drug-likeness (QED) is 0.767. The molecule has 0 radical (unpaired) electrons. The van der Waals surface area contributed by atoms with Crippen molar-refractivity contribution in [1.29, 1.82) is 0 Å². The topological polar surface area (TPSA) is 37.8 Å². The van der Waals surface area contributed by atoms with Crippen molar-refractivity contribution in [3.63, 3.8) is 0 Å². The summed E-state index contributed by atoms with van der Waals surface area (Å²) in [5.41, 5.74) is 1.10. The zero-order chi connectivity index (χ0) is 10.7. The van der Waals surface area contributed by atoms with Crippen LogP contribution in [0.4, 0.5) is 5.82 Å². The van der Waals surface area contributed by atoms with Crippen LogP contribution >= 0.6 is 0 Å². The van der Waals surface area contributed by atoms with E-state index in [1.165, 1.54) is 0 Å². The van der Waals surface area contributed by atoms with Crippen molar-refractivity contribution in [2.45, 2.75) is 38.6 Å². The van der Waals surface area contributed by atoms with E-state index in [1.54, 1.807) is 6.33 Å². The van der Waals surface area contributed by atoms with Crippen molar-refractivity contribution in [1.82, 2.24) is 9.97 Å². The number of rotatable bonds is 3. The van der Waals surface area contributed by atoms with Gasteiger partial charge >= 0.3 is 0 Å². The van der Waals surface area contributed by atoms with Crippen LogP contribution in [-0.2, 0) is 0 Å². The molecule has 1 aliphatic carbocycles. The lowest BCUT2D eigenvalue weighted by molar-refractivity contribution is 0.771. The fourth-order valence-corrected chi connectivity index (χ4v) is 1.71. The molecule has 0 aliphatic heterocycles. The maximum absolute atomic E-state index is 4.25. The fraction of sp³-hybridized carbons (Fsp3) is 0.500. The second-order valence-electron chi connectivity index (χ2n) is 4.27. The van der Waals surface area contributed by atoms with Crippen molar-refractivity contribution < 1.29 is 0 Å². The molecule has 3 nitrogen and oxygen atoms in total. The molecule has 0 spiro atoms. The molecule has 0 atom stereocenters. The third-order valence-electron chi connectivity index (χ3n) is 2.64. The number of nitrogens with one attached hydrogen (secondary N) is 1. The SMILES string of the molecule is CC(C)c1cc(NC2CC=CC2)ncn1. The molecule has 15 heavy (non-hydrogen) atoms. The third kappa shape index (κ3) is 2.55. The number of hydrogen-bond acceptors (Lipinski definition) is 3. The zero-order valence-corrected chi connectivity index (χ0v) is 9.27. The van der Waals surface area contributed by atoms with E-state index in [1.807, 2.05) is 6.07 Å². The largest absolute Gasteiger partial charge is 0.367 e. The van der Waals surface area contributed by atoms with Gasteiger partial charge < -0.3 is 5.32 Å². The lowest BCUT2D eigenvalue weighted by Crippen LogP contribution is -2.16. The van der Waals surface area contributed by atoms with Crippen LogP contribution in [0.3, 0.4) is 0 Å². The summed E-state index contributed by atoms with van der Waals surface area (Å²) < 4.78 is 0. The van der Waals surface area contributed by atoms with Crippen molar-refractivity contribution in [3.05, 3.63) is 30.2 Å². The van der Waals surface area contributed by atoms with Gasteiger partial charge in [-0.3, -0.25) is 0 Å². The Balaban J connectivity index is 2.04. The monoisotopic (exact) mass is 203 g/mol. The van der Waals surface area contributed by atoms with Gasteiger partial charge in [0.1, 0.15) is 12.1 Å². The van der Waals surface area contributed by atoms with Gasteiger partial charge in [-0.2, -0.15) is 0 Å². The Morgan fingerprint density at radius 1 is 1.27 bits per heavy atom. The van der Waals surface area contributed by atoms with Crippen molar-refractivity contribution in [2.24, 2.45) is 0 Å². The van der Waals surface area contributed by atoms with E-state index in [2.05, 4.69) is 41.3 Å². The first-order valence-corrected chi connectivity index (χ1v) is 5.49. The maximum Gasteiger partial charge on any atom is 0.129 e. The Morgan fingerprint density at radius 2 is 2.00 bits per heavy atom. The average molecular weight is 203 g/mol. The molecule has 0 amide bonds. The first-order chi connectivity index (χ1) is 7.25. The normalized spacial score (nSPS) is 16.2. The van der Waals surface area contributed by atoms with Crippen LogP contribution in [0.1, 0.15) is 38.3 Å². The van der Waals surface area contributed by atoms with Crippen molar-refractivity contribution in [3.8, 4) is 0 Å². The summed E-state index contributed by atoms with van der Waals surface area (Å²) in [6.07, 6.45) is 8.26. The van der Waals surface area contributed by atoms with Gasteiger partial charge in [0.05, 0.1) is 0 Å². The molecule has 0 aromatic carbocycles. The third-order valence-corrected chi connectivity index (χ3v) is 2.64. The summed E-state index contributed by atoms with van der Waals surface area (Å²) >= 11 is 0. The van der Waals surface area contributed by atoms with E-state index in [-0.39, 0.29) is 0 Å². The molecular formula is C12H17N3. The second-order valence-corrected chi connectivity index (χ2v) is 4.27. The highest BCUT2D eigenvalue weighted by atomic mass is 15.0. The van der Waals surface area contributed by atoms with E-state index in [0.717, 1.165) is 24.4 Å². The summed E-state index contributed by atoms with van der Waals surface area (Å²) in [5.74, 6) is 1.40. The second kappa shape index (κ2) is 4.43. The molecule has 0 unspecified atom stereocenters. The highest BCUT2D eigenvalue weighted by Crippen LogP contribution is 2.18. The van der Waals surface area contributed by atoms with Gasteiger partial charge in [-0.25, -0.2) is 9.97 Å². The molecule has 3 heteroatoms. The number of aromatic nitrogens is 2. The van der Waals surface area contributed by atoms with E-state index >= 15 is 0 Å². The Hall–Kier alpha value is -1.38. The Morgan fingerprint density at radius 3 is 2.67 bits per heavy atom. The lowest BCUT2D eigenvalue weighted by Gasteiger charge is -2.13. The molecule has 80 valence electrons. The van der Waals surface area contributed by atoms with Crippen molar-refractivity contribution >= 4 is 5.82 Å². The van der Waals surface area contributed by atoms with Crippen LogP contribution in [0, 0.1) is 0 Å². The van der Waals surface area contributed by atoms with Crippen molar-refractivity contribution in [2.75, 3.05) is 5.32 Å². The molecule has 1 aromatic rings. The zero-order valence-electron chi connectivity index (χ0n) is 9.27. The highest BCUT2D eigenvalue weighted by molar-refractivity contribution is 5.37. The molecule has 1 heterocycles. The molecule has 0 saturated heterocycles. The summed E-state index contributed by atoms with van der Waals surface area (Å²) in [5, 5.41) is 3.42. The molecule has 1 aromatic heterocycles. The summed E-state index contributed by atoms with van der Waals surface area (Å²) in [6.45, 7) is 4.28. The minimum atomic E-state index is 0.454. The molecule has 1 N–H and O–H groups in total. The first-order valence-electron chi connectivity index (χ1n) is 5.49. The molecule has 0 bridgehead atoms. The number of anilines is 1. The highest BCUT2D eigenvalue weighted by Gasteiger charge is 2.11. The smallest absolute Gasteiger partial charge is 0.129 e. The Labute approximate surface area is 90.6 Å². The van der Waals surface area contributed by atoms with Gasteiger partial charge in [-0.05, 0) is 18.8 Å². The van der Waals surface area contributed by atoms with E-state index < -0.39 is 0 Å². The van der Waals surface area contributed by atoms with Crippen LogP contribution in [0.2, 0.25) is 0 Å². The number of nitrogens with zero attached hydrogens (tertiary/aromatic N) is 2. The fourth-order valence-electron chi connectivity index (χ4n) is 1.71. The number of hydrogen-bond donors (Lipinski definition) is 1. The first kappa shape index (κ1) is 10.1. The summed E-state index contributed by atoms with van der Waals surface area (Å²) in [7, 11) is 0. The lowest BCUT2D eigenvalue weighted by atomic mass is 10.1. The van der Waals surface area contributed by atoms with E-state index in [0.29, 0.717) is 12.0 Å². The predicted octanol–water partition coefficient (Wildman–Crippen LogP) is 2.73. The molecule has 2 rings (SSSR count). The van der Waals surface area contributed by atoms with Gasteiger partial charge in [0.2, 0.25) is 0 Å². The minimum Gasteiger partial charge on any atom is -0.367 e. The van der Waals surface area contributed by atoms with Gasteiger partial charge in [0.15, 0.2) is 0 Å². The van der Waals surface area contributed by atoms with Crippen LogP contribution in [-0.4, -0.2) is 16.0 Å². The standard InChI is InChI=1S/C12H17N3/c1-9(2)11-7-12(14-8-13-11)15-10-5-3-4-6-10/h3-4,7-10H,5-6H2,1-2H3,(H,13,14,15). The Bertz CT molecular complexity index is 350. The molecule has 0 saturated carbocycles. The molecular weight excluding hydrogens is 186 g/mol. The van der Waals surface area contributed by atoms with Gasteiger partial charge in [-0.15, -0.1) is 0 Å². The van der Waals surface area contributed by atoms with Crippen LogP contribution < -0.4 is 5.32 Å². The van der Waals surface area contributed by atoms with Gasteiger partial charge in [0.25, 0.3) is 0 Å². The molecule has 0 fully saturated rings. The van der Waals surface area contributed by atoms with Gasteiger partial charge in [0, 0.05) is 17.8 Å². The Kier molecular flexibility index (Phi) is 2.99. The summed E-state index contributed by atoms with van der Waals surface area (Å²) in [6, 6.07) is 2.56. The minimum absolute atomic E-state index is 0.454. The van der Waals surface area contributed by atoms with Crippen LogP contribution in [0.15, 0.2) is 24.5 Å². The average Bonchev–Trinajstić information content (AvgIpc) is 2.71. The van der Waals surface area contributed by atoms with Crippen LogP contribution in [0.25, 0.3) is 0 Å². The van der Waals surface area contributed by atoms with Gasteiger partial charge in [-0.1, -0.05) is 26.0 Å². The summed E-state index contributed by atoms with van der Waals surface area (Å²) in [4.78, 5) is 8.48.